The van der Waals surface area contributed by atoms with Gasteiger partial charge in [-0.2, -0.15) is 9.36 Å². The third kappa shape index (κ3) is 3.27. The van der Waals surface area contributed by atoms with Gasteiger partial charge in [0.25, 0.3) is 0 Å². The maximum Gasteiger partial charge on any atom is 0.324 e. The zero-order chi connectivity index (χ0) is 13.8. The highest BCUT2D eigenvalue weighted by Crippen LogP contribution is 2.21. The molecule has 2 amide bonds. The quantitative estimate of drug-likeness (QED) is 0.878. The third-order valence-corrected chi connectivity index (χ3v) is 3.95. The van der Waals surface area contributed by atoms with Gasteiger partial charge in [-0.1, -0.05) is 11.8 Å². The van der Waals surface area contributed by atoms with E-state index in [0.29, 0.717) is 10.3 Å². The van der Waals surface area contributed by atoms with Crippen LogP contribution < -0.4 is 5.32 Å². The largest absolute Gasteiger partial charge is 0.467 e. The molecule has 2 rings (SSSR count). The monoisotopic (exact) mass is 298 g/mol. The van der Waals surface area contributed by atoms with Crippen LogP contribution in [0.1, 0.15) is 18.7 Å². The summed E-state index contributed by atoms with van der Waals surface area (Å²) in [5.41, 5.74) is 0. The van der Waals surface area contributed by atoms with Crippen LogP contribution in [0.3, 0.4) is 0 Å². The topological polar surface area (TPSA) is 71.3 Å². The van der Waals surface area contributed by atoms with Crippen molar-refractivity contribution in [3.8, 4) is 0 Å². The van der Waals surface area contributed by atoms with Crippen molar-refractivity contribution in [2.45, 2.75) is 18.1 Å². The maximum absolute atomic E-state index is 12.1. The minimum absolute atomic E-state index is 0.150. The van der Waals surface area contributed by atoms with E-state index in [0.717, 1.165) is 5.76 Å². The van der Waals surface area contributed by atoms with Crippen LogP contribution in [0.5, 0.6) is 0 Å². The Balaban J connectivity index is 1.99. The van der Waals surface area contributed by atoms with Crippen LogP contribution >= 0.6 is 23.3 Å². The molecule has 0 aliphatic carbocycles. The first-order valence-corrected chi connectivity index (χ1v) is 7.56. The van der Waals surface area contributed by atoms with Crippen molar-refractivity contribution >= 4 is 34.5 Å². The summed E-state index contributed by atoms with van der Waals surface area (Å²) in [4.78, 5) is 17.8. The number of aromatic nitrogens is 2. The summed E-state index contributed by atoms with van der Waals surface area (Å²) in [5.74, 6) is 0.736. The van der Waals surface area contributed by atoms with Crippen molar-refractivity contribution in [1.29, 1.82) is 0 Å². The standard InChI is InChI=1S/C11H14N4O2S2/c1-7(8-5-4-6-17-8)15(2)11(16)13-9-12-10(18-3)14-19-9/h4-7H,1-3H3,(H,12,13,14,16)/t7-/m1/s1. The number of carbonyl (C=O) groups is 1. The normalized spacial score (nSPS) is 12.2. The van der Waals surface area contributed by atoms with E-state index in [2.05, 4.69) is 14.7 Å². The number of anilines is 1. The van der Waals surface area contributed by atoms with Gasteiger partial charge in [-0.15, -0.1) is 0 Å². The van der Waals surface area contributed by atoms with Gasteiger partial charge in [-0.3, -0.25) is 5.32 Å². The molecule has 0 aromatic carbocycles. The van der Waals surface area contributed by atoms with E-state index < -0.39 is 0 Å². The van der Waals surface area contributed by atoms with Gasteiger partial charge in [-0.05, 0) is 25.3 Å². The molecule has 0 aliphatic heterocycles. The average Bonchev–Trinajstić information content (AvgIpc) is 3.07. The molecular formula is C11H14N4O2S2. The molecule has 0 fully saturated rings. The summed E-state index contributed by atoms with van der Waals surface area (Å²) in [5, 5.41) is 3.86. The zero-order valence-electron chi connectivity index (χ0n) is 10.8. The lowest BCUT2D eigenvalue weighted by Crippen LogP contribution is -2.33. The maximum atomic E-state index is 12.1. The minimum Gasteiger partial charge on any atom is -0.467 e. The van der Waals surface area contributed by atoms with Gasteiger partial charge in [0.05, 0.1) is 12.3 Å². The van der Waals surface area contributed by atoms with Crippen molar-refractivity contribution in [1.82, 2.24) is 14.3 Å². The Morgan fingerprint density at radius 2 is 2.42 bits per heavy atom. The number of nitrogens with one attached hydrogen (secondary N) is 1. The second-order valence-corrected chi connectivity index (χ2v) is 5.34. The molecule has 19 heavy (non-hydrogen) atoms. The van der Waals surface area contributed by atoms with E-state index in [-0.39, 0.29) is 12.1 Å². The lowest BCUT2D eigenvalue weighted by atomic mass is 10.2. The van der Waals surface area contributed by atoms with Gasteiger partial charge in [-0.25, -0.2) is 4.79 Å². The van der Waals surface area contributed by atoms with Crippen molar-refractivity contribution in [3.63, 3.8) is 0 Å². The molecule has 2 heterocycles. The van der Waals surface area contributed by atoms with Gasteiger partial charge in [0.2, 0.25) is 10.3 Å². The number of hydrogen-bond acceptors (Lipinski definition) is 6. The number of urea groups is 1. The number of hydrogen-bond donors (Lipinski definition) is 1. The number of rotatable bonds is 4. The van der Waals surface area contributed by atoms with Crippen molar-refractivity contribution in [2.24, 2.45) is 0 Å². The fraction of sp³-hybridized carbons (Fsp3) is 0.364. The van der Waals surface area contributed by atoms with Gasteiger partial charge in [0.15, 0.2) is 0 Å². The molecule has 0 aliphatic rings. The predicted octanol–water partition coefficient (Wildman–Crippen LogP) is 3.08. The van der Waals surface area contributed by atoms with Crippen LogP contribution in [0.25, 0.3) is 0 Å². The molecule has 0 spiro atoms. The summed E-state index contributed by atoms with van der Waals surface area (Å²) >= 11 is 2.60. The fourth-order valence-corrected chi connectivity index (χ4v) is 2.53. The molecule has 6 nitrogen and oxygen atoms in total. The van der Waals surface area contributed by atoms with Crippen LogP contribution in [0.15, 0.2) is 28.0 Å². The lowest BCUT2D eigenvalue weighted by Gasteiger charge is -2.22. The molecule has 8 heteroatoms. The average molecular weight is 298 g/mol. The molecule has 0 unspecified atom stereocenters. The van der Waals surface area contributed by atoms with E-state index in [1.165, 1.54) is 23.3 Å². The van der Waals surface area contributed by atoms with Crippen molar-refractivity contribution in [3.05, 3.63) is 24.2 Å². The highest BCUT2D eigenvalue weighted by Gasteiger charge is 2.20. The Bertz CT molecular complexity index is 541. The van der Waals surface area contributed by atoms with Crippen molar-refractivity contribution < 1.29 is 9.21 Å². The number of nitrogens with zero attached hydrogens (tertiary/aromatic N) is 3. The molecule has 0 saturated heterocycles. The van der Waals surface area contributed by atoms with Gasteiger partial charge in [0, 0.05) is 18.6 Å². The Morgan fingerprint density at radius 1 is 1.63 bits per heavy atom. The highest BCUT2D eigenvalue weighted by molar-refractivity contribution is 7.98. The predicted molar refractivity (Wildman–Crippen MR) is 75.6 cm³/mol. The molecule has 0 bridgehead atoms. The molecule has 2 aromatic heterocycles. The summed E-state index contributed by atoms with van der Waals surface area (Å²) in [7, 11) is 1.71. The Morgan fingerprint density at radius 3 is 3.00 bits per heavy atom. The first kappa shape index (κ1) is 13.9. The van der Waals surface area contributed by atoms with E-state index in [9.17, 15) is 4.79 Å². The fourth-order valence-electron chi connectivity index (χ4n) is 1.42. The van der Waals surface area contributed by atoms with Crippen LogP contribution in [0.2, 0.25) is 0 Å². The van der Waals surface area contributed by atoms with E-state index in [4.69, 9.17) is 4.42 Å². The highest BCUT2D eigenvalue weighted by atomic mass is 32.2. The van der Waals surface area contributed by atoms with Gasteiger partial charge in [0.1, 0.15) is 5.76 Å². The second-order valence-electron chi connectivity index (χ2n) is 3.82. The van der Waals surface area contributed by atoms with Crippen molar-refractivity contribution in [2.75, 3.05) is 18.6 Å². The summed E-state index contributed by atoms with van der Waals surface area (Å²) in [6.45, 7) is 1.89. The van der Waals surface area contributed by atoms with Gasteiger partial charge >= 0.3 is 6.03 Å². The first-order valence-electron chi connectivity index (χ1n) is 5.56. The molecule has 2 aromatic rings. The summed E-state index contributed by atoms with van der Waals surface area (Å²) in [6, 6.07) is 3.24. The number of furan rings is 1. The number of thioether (sulfide) groups is 1. The molecule has 102 valence electrons. The summed E-state index contributed by atoms with van der Waals surface area (Å²) in [6.07, 6.45) is 3.48. The smallest absolute Gasteiger partial charge is 0.324 e. The summed E-state index contributed by atoms with van der Waals surface area (Å²) < 4.78 is 9.37. The molecule has 1 N–H and O–H groups in total. The first-order chi connectivity index (χ1) is 9.11. The van der Waals surface area contributed by atoms with E-state index >= 15 is 0 Å². The van der Waals surface area contributed by atoms with Crippen LogP contribution in [0.4, 0.5) is 9.93 Å². The minimum atomic E-state index is -0.243. The van der Waals surface area contributed by atoms with Crippen LogP contribution in [-0.2, 0) is 0 Å². The molecule has 1 atom stereocenters. The van der Waals surface area contributed by atoms with E-state index in [1.54, 1.807) is 24.3 Å². The van der Waals surface area contributed by atoms with Gasteiger partial charge < -0.3 is 9.32 Å². The Hall–Kier alpha value is -1.54. The SMILES string of the molecule is CSc1nsc(NC(=O)N(C)[C@H](C)c2ccco2)n1. The molecular weight excluding hydrogens is 284 g/mol. The number of amides is 2. The third-order valence-electron chi connectivity index (χ3n) is 2.66. The zero-order valence-corrected chi connectivity index (χ0v) is 12.4. The second kappa shape index (κ2) is 6.07. The van der Waals surface area contributed by atoms with E-state index in [1.807, 2.05) is 19.2 Å². The van der Waals surface area contributed by atoms with Crippen LogP contribution in [0, 0.1) is 0 Å². The Labute approximate surface area is 119 Å². The Kier molecular flexibility index (Phi) is 4.43. The van der Waals surface area contributed by atoms with Crippen LogP contribution in [-0.4, -0.2) is 33.6 Å². The lowest BCUT2D eigenvalue weighted by molar-refractivity contribution is 0.201. The molecule has 0 saturated carbocycles. The number of carbonyl (C=O) groups excluding carboxylic acids is 1. The molecule has 0 radical (unpaired) electrons.